The molecule has 19 nitrogen and oxygen atoms in total. The van der Waals surface area contributed by atoms with E-state index in [-0.39, 0.29) is 7.14 Å². The molecule has 0 spiro atoms. The van der Waals surface area contributed by atoms with Gasteiger partial charge in [0.2, 0.25) is 0 Å². The van der Waals surface area contributed by atoms with Crippen LogP contribution < -0.4 is 0 Å². The van der Waals surface area contributed by atoms with E-state index in [0.717, 1.165) is 48.5 Å². The van der Waals surface area contributed by atoms with Gasteiger partial charge in [0.1, 0.15) is 0 Å². The molecule has 2 aromatic rings. The molecule has 274 valence electrons. The van der Waals surface area contributed by atoms with Crippen molar-refractivity contribution in [2.24, 2.45) is 0 Å². The van der Waals surface area contributed by atoms with E-state index in [1.54, 1.807) is 0 Å². The van der Waals surface area contributed by atoms with Gasteiger partial charge in [0.05, 0.1) is 0 Å². The summed E-state index contributed by atoms with van der Waals surface area (Å²) in [5, 5.41) is 0. The van der Waals surface area contributed by atoms with Crippen LogP contribution in [0.4, 0.5) is 34.0 Å². The first kappa shape index (κ1) is 52.1. The summed E-state index contributed by atoms with van der Waals surface area (Å²) in [4.78, 5) is 78.4. The maximum Gasteiger partial charge on any atom is 0.507 e. The summed E-state index contributed by atoms with van der Waals surface area (Å²) in [6.45, 7) is 0. The summed E-state index contributed by atoms with van der Waals surface area (Å²) in [6, 6.07) is 8.10. The normalized spacial score (nSPS) is 13.5. The minimum atomic E-state index is -5.56. The smallest absolute Gasteiger partial charge is 0.299 e. The molecule has 34 heteroatoms. The molecule has 0 aliphatic rings. The fourth-order valence-electron chi connectivity index (χ4n) is 1.52. The second-order valence-corrected chi connectivity index (χ2v) is 18.3. The molecule has 0 aliphatic carbocycles. The molecular formula is C12H19F8IO19P6. The molecule has 0 saturated heterocycles. The summed E-state index contributed by atoms with van der Waals surface area (Å²) < 4.78 is 162. The van der Waals surface area contributed by atoms with Gasteiger partial charge in [-0.15, -0.1) is 21.0 Å². The summed E-state index contributed by atoms with van der Waals surface area (Å²) in [6.07, 6.45) is 0. The van der Waals surface area contributed by atoms with Crippen LogP contribution in [0, 0.1) is 18.8 Å². The number of rotatable bonds is 4. The molecule has 2 aromatic carbocycles. The Morgan fingerprint density at radius 1 is 0.435 bits per heavy atom. The third kappa shape index (κ3) is 55.7. The van der Waals surface area contributed by atoms with E-state index in [0.29, 0.717) is 0 Å². The second kappa shape index (κ2) is 21.4. The van der Waals surface area contributed by atoms with Crippen molar-refractivity contribution in [3.05, 3.63) is 67.3 Å². The molecular weight excluding hydrogens is 913 g/mol. The zero-order valence-electron chi connectivity index (χ0n) is 20.9. The molecule has 2 rings (SSSR count). The van der Waals surface area contributed by atoms with E-state index in [2.05, 4.69) is 2.85 Å². The van der Waals surface area contributed by atoms with Crippen LogP contribution in [0.25, 0.3) is 0 Å². The first-order valence-corrected chi connectivity index (χ1v) is 22.1. The molecule has 0 fully saturated rings. The van der Waals surface area contributed by atoms with Crippen LogP contribution >= 0.6 is 66.3 Å². The zero-order chi connectivity index (χ0) is 38.2. The fourth-order valence-corrected chi connectivity index (χ4v) is 8.66. The van der Waals surface area contributed by atoms with Crippen molar-refractivity contribution in [1.82, 2.24) is 0 Å². The SMILES string of the molecule is O=P(O)(F)OI(=O)(c1ccc(F)cc1)c1ccc(F)cc1.O=P(O)(O)F.O=P(O)(O)F.O=P(O)(O)F.O=P(O)(O)F.O=P(O)(O)F. The Morgan fingerprint density at radius 2 is 0.587 bits per heavy atom. The summed E-state index contributed by atoms with van der Waals surface area (Å²) in [5.41, 5.74) is 0. The Hall–Kier alpha value is -0.690. The van der Waals surface area contributed by atoms with E-state index in [9.17, 15) is 41.6 Å². The van der Waals surface area contributed by atoms with Gasteiger partial charge in [-0.25, -0.2) is 22.8 Å². The Balaban J connectivity index is -0.000000287. The number of hydrogen-bond donors (Lipinski definition) is 11. The van der Waals surface area contributed by atoms with Crippen LogP contribution in [-0.4, -0.2) is 53.8 Å². The number of hydrogen-bond acceptors (Lipinski definition) is 8. The molecule has 46 heavy (non-hydrogen) atoms. The van der Waals surface area contributed by atoms with E-state index < -0.39 is 77.9 Å². The van der Waals surface area contributed by atoms with Crippen molar-refractivity contribution in [3.63, 3.8) is 0 Å². The molecule has 1 unspecified atom stereocenters. The van der Waals surface area contributed by atoms with E-state index in [1.165, 1.54) is 0 Å². The minimum Gasteiger partial charge on any atom is -0.299 e. The summed E-state index contributed by atoms with van der Waals surface area (Å²) >= 11 is -5.17. The summed E-state index contributed by atoms with van der Waals surface area (Å²) in [5.74, 6) is -1.26. The van der Waals surface area contributed by atoms with Crippen LogP contribution in [0.1, 0.15) is 0 Å². The minimum absolute atomic E-state index is 0.123. The number of benzene rings is 2. The van der Waals surface area contributed by atoms with Gasteiger partial charge in [-0.05, 0) is 0 Å². The average Bonchev–Trinajstić information content (AvgIpc) is 2.67. The van der Waals surface area contributed by atoms with Crippen molar-refractivity contribution in [2.75, 3.05) is 0 Å². The molecule has 0 aromatic heterocycles. The molecule has 0 saturated carbocycles. The molecule has 0 bridgehead atoms. The first-order chi connectivity index (χ1) is 19.7. The maximum absolute atomic E-state index is 13.0. The average molecular weight is 932 g/mol. The van der Waals surface area contributed by atoms with Crippen molar-refractivity contribution < 1.29 is 121 Å². The first-order valence-electron chi connectivity index (χ1n) is 9.20. The van der Waals surface area contributed by atoms with E-state index in [4.69, 9.17) is 76.7 Å². The quantitative estimate of drug-likeness (QED) is 0.113. The third-order valence-electron chi connectivity index (χ3n) is 2.36. The van der Waals surface area contributed by atoms with Crippen molar-refractivity contribution in [3.8, 4) is 0 Å². The fraction of sp³-hybridized carbons (Fsp3) is 0. The van der Waals surface area contributed by atoms with Crippen LogP contribution in [0.3, 0.4) is 0 Å². The topological polar surface area (TPSA) is 351 Å². The Kier molecular flexibility index (Phi) is 24.3. The van der Waals surface area contributed by atoms with Crippen molar-refractivity contribution >= 4 is 66.3 Å². The van der Waals surface area contributed by atoms with Gasteiger partial charge in [-0.1, -0.05) is 0 Å². The maximum atomic E-state index is 13.0. The molecule has 11 N–H and O–H groups in total. The monoisotopic (exact) mass is 932 g/mol. The molecule has 0 radical (unpaired) electrons. The molecule has 1 atom stereocenters. The molecule has 0 amide bonds. The van der Waals surface area contributed by atoms with Crippen molar-refractivity contribution in [1.29, 1.82) is 0 Å². The van der Waals surface area contributed by atoms with E-state index >= 15 is 0 Å². The van der Waals surface area contributed by atoms with Crippen LogP contribution in [0.15, 0.2) is 48.5 Å². The molecule has 0 aliphatic heterocycles. The Morgan fingerprint density at radius 3 is 0.717 bits per heavy atom. The third-order valence-corrected chi connectivity index (χ3v) is 10.6. The standard InChI is InChI=1S/C12H9F3IO4P.5FH2O3P/c13-9-1-5-11(6-2-9)16(17,20-21(15,18)19)12-7-3-10(14)4-8-12;5*1-5(2,3)4/h1-8H,(H,18,19);5*(H2,2,3,4). The van der Waals surface area contributed by atoms with Gasteiger partial charge in [0.25, 0.3) is 0 Å². The Labute approximate surface area is 254 Å². The van der Waals surface area contributed by atoms with Crippen LogP contribution in [0.5, 0.6) is 0 Å². The van der Waals surface area contributed by atoms with Crippen LogP contribution in [0.2, 0.25) is 0 Å². The van der Waals surface area contributed by atoms with Gasteiger partial charge in [-0.2, -0.15) is 0 Å². The van der Waals surface area contributed by atoms with Gasteiger partial charge in [0, 0.05) is 0 Å². The summed E-state index contributed by atoms with van der Waals surface area (Å²) in [7, 11) is -31.3. The van der Waals surface area contributed by atoms with Crippen molar-refractivity contribution in [2.45, 2.75) is 0 Å². The van der Waals surface area contributed by atoms with Gasteiger partial charge in [0.15, 0.2) is 0 Å². The van der Waals surface area contributed by atoms with E-state index in [1.807, 2.05) is 0 Å². The number of halogens is 9. The predicted octanol–water partition coefficient (Wildman–Crippen LogP) is 4.64. The van der Waals surface area contributed by atoms with Gasteiger partial charge >= 0.3 is 162 Å². The van der Waals surface area contributed by atoms with Gasteiger partial charge < -0.3 is 0 Å². The second-order valence-electron chi connectivity index (χ2n) is 6.22. The largest absolute Gasteiger partial charge is 0.507 e. The zero-order valence-corrected chi connectivity index (χ0v) is 28.4. The van der Waals surface area contributed by atoms with Crippen LogP contribution in [-0.2, 0) is 33.3 Å². The Bertz CT molecular complexity index is 1310. The van der Waals surface area contributed by atoms with Gasteiger partial charge in [-0.3, -0.25) is 48.9 Å². The molecule has 0 heterocycles. The predicted molar refractivity (Wildman–Crippen MR) is 143 cm³/mol.